The van der Waals surface area contributed by atoms with E-state index >= 15 is 0 Å². The van der Waals surface area contributed by atoms with Gasteiger partial charge in [-0.05, 0) is 75.4 Å². The van der Waals surface area contributed by atoms with Crippen molar-refractivity contribution in [3.63, 3.8) is 0 Å². The lowest BCUT2D eigenvalue weighted by Crippen LogP contribution is -2.20. The predicted molar refractivity (Wildman–Crippen MR) is 69.0 cm³/mol. The molecule has 1 nitrogen and oxygen atoms in total. The van der Waals surface area contributed by atoms with Crippen LogP contribution in [0.2, 0.25) is 0 Å². The lowest BCUT2D eigenvalue weighted by atomic mass is 9.88. The fourth-order valence-corrected chi connectivity index (χ4v) is 2.39. The largest absolute Gasteiger partial charge is 0.486 e. The number of rotatable bonds is 0. The summed E-state index contributed by atoms with van der Waals surface area (Å²) in [5.74, 6) is 1.05. The van der Waals surface area contributed by atoms with Gasteiger partial charge in [0.25, 0.3) is 0 Å². The fraction of sp³-hybridized carbons (Fsp3) is 0.467. The van der Waals surface area contributed by atoms with Gasteiger partial charge < -0.3 is 4.74 Å². The summed E-state index contributed by atoms with van der Waals surface area (Å²) in [5.41, 5.74) is 8.09. The van der Waals surface area contributed by atoms with Crippen LogP contribution >= 0.6 is 0 Å². The molecule has 0 radical (unpaired) electrons. The Labute approximate surface area is 98.1 Å². The van der Waals surface area contributed by atoms with Gasteiger partial charge in [0.1, 0.15) is 11.9 Å². The number of hydrogen-bond acceptors (Lipinski definition) is 1. The number of ether oxygens (including phenoxy) is 1. The third kappa shape index (κ3) is 1.46. The monoisotopic (exact) mass is 216 g/mol. The van der Waals surface area contributed by atoms with E-state index in [1.54, 1.807) is 0 Å². The molecule has 0 aliphatic carbocycles. The molecule has 86 valence electrons. The van der Waals surface area contributed by atoms with Crippen molar-refractivity contribution >= 4 is 5.57 Å². The van der Waals surface area contributed by atoms with Gasteiger partial charge in [-0.2, -0.15) is 0 Å². The molecule has 0 N–H and O–H groups in total. The molecule has 0 saturated heterocycles. The normalized spacial score (nSPS) is 19.5. The maximum atomic E-state index is 5.97. The van der Waals surface area contributed by atoms with Crippen molar-refractivity contribution in [1.29, 1.82) is 0 Å². The van der Waals surface area contributed by atoms with E-state index in [0.29, 0.717) is 0 Å². The molecule has 0 saturated carbocycles. The molecule has 1 aliphatic heterocycles. The maximum Gasteiger partial charge on any atom is 0.128 e. The van der Waals surface area contributed by atoms with E-state index in [1.165, 1.54) is 33.4 Å². The molecule has 2 rings (SSSR count). The molecule has 0 amide bonds. The number of aryl methyl sites for hydroxylation is 1. The minimum atomic E-state index is 0.203. The second kappa shape index (κ2) is 3.65. The second-order valence-electron chi connectivity index (χ2n) is 4.88. The van der Waals surface area contributed by atoms with Crippen molar-refractivity contribution in [2.75, 3.05) is 0 Å². The predicted octanol–water partition coefficient (Wildman–Crippen LogP) is 4.19. The third-order valence-electron chi connectivity index (χ3n) is 4.00. The van der Waals surface area contributed by atoms with Crippen molar-refractivity contribution < 1.29 is 4.74 Å². The van der Waals surface area contributed by atoms with E-state index in [2.05, 4.69) is 47.6 Å². The van der Waals surface area contributed by atoms with Gasteiger partial charge in [0.05, 0.1) is 0 Å². The van der Waals surface area contributed by atoms with Crippen LogP contribution in [0.1, 0.15) is 43.0 Å². The van der Waals surface area contributed by atoms with Crippen LogP contribution in [-0.4, -0.2) is 6.10 Å². The standard InChI is InChI=1S/C15H20O/c1-8-7-14-15(11(4)9(8)2)12(5)10(3)13(6)16-14/h7,13H,1-6H3. The van der Waals surface area contributed by atoms with Crippen LogP contribution in [0, 0.1) is 20.8 Å². The van der Waals surface area contributed by atoms with Gasteiger partial charge in [-0.15, -0.1) is 0 Å². The summed E-state index contributed by atoms with van der Waals surface area (Å²) in [6, 6.07) is 2.17. The average Bonchev–Trinajstić information content (AvgIpc) is 2.23. The van der Waals surface area contributed by atoms with Crippen LogP contribution in [0.4, 0.5) is 0 Å². The minimum Gasteiger partial charge on any atom is -0.486 e. The Kier molecular flexibility index (Phi) is 2.57. The number of hydrogen-bond donors (Lipinski definition) is 0. The van der Waals surface area contributed by atoms with Gasteiger partial charge in [0.15, 0.2) is 0 Å². The van der Waals surface area contributed by atoms with E-state index in [9.17, 15) is 0 Å². The first-order valence-electron chi connectivity index (χ1n) is 5.88. The first kappa shape index (κ1) is 11.3. The summed E-state index contributed by atoms with van der Waals surface area (Å²) in [6.07, 6.45) is 0.203. The van der Waals surface area contributed by atoms with Crippen molar-refractivity contribution in [3.05, 3.63) is 33.9 Å². The van der Waals surface area contributed by atoms with Crippen molar-refractivity contribution in [2.24, 2.45) is 0 Å². The molecular formula is C15H20O. The molecule has 1 atom stereocenters. The summed E-state index contributed by atoms with van der Waals surface area (Å²) in [7, 11) is 0. The Morgan fingerprint density at radius 1 is 1.00 bits per heavy atom. The van der Waals surface area contributed by atoms with Crippen molar-refractivity contribution in [3.8, 4) is 5.75 Å². The van der Waals surface area contributed by atoms with Gasteiger partial charge >= 0.3 is 0 Å². The first-order valence-corrected chi connectivity index (χ1v) is 5.88. The van der Waals surface area contributed by atoms with Crippen molar-refractivity contribution in [1.82, 2.24) is 0 Å². The zero-order chi connectivity index (χ0) is 12.0. The molecular weight excluding hydrogens is 196 g/mol. The first-order chi connectivity index (χ1) is 7.43. The quantitative estimate of drug-likeness (QED) is 0.632. The SMILES string of the molecule is CC1=C(C)C(C)Oc2cc(C)c(C)c(C)c21. The van der Waals surface area contributed by atoms with Gasteiger partial charge in [-0.3, -0.25) is 0 Å². The Hall–Kier alpha value is -1.24. The van der Waals surface area contributed by atoms with Crippen LogP contribution in [0.25, 0.3) is 5.57 Å². The van der Waals surface area contributed by atoms with Crippen LogP contribution < -0.4 is 4.74 Å². The highest BCUT2D eigenvalue weighted by atomic mass is 16.5. The number of benzene rings is 1. The highest BCUT2D eigenvalue weighted by Crippen LogP contribution is 2.39. The Morgan fingerprint density at radius 3 is 2.25 bits per heavy atom. The topological polar surface area (TPSA) is 9.23 Å². The molecule has 0 aromatic heterocycles. The lowest BCUT2D eigenvalue weighted by molar-refractivity contribution is 0.251. The van der Waals surface area contributed by atoms with Gasteiger partial charge in [-0.1, -0.05) is 0 Å². The van der Waals surface area contributed by atoms with Gasteiger partial charge in [0.2, 0.25) is 0 Å². The molecule has 0 fully saturated rings. The van der Waals surface area contributed by atoms with E-state index in [-0.39, 0.29) is 6.10 Å². The number of allylic oxidation sites excluding steroid dienone is 1. The van der Waals surface area contributed by atoms with Crippen LogP contribution in [0.5, 0.6) is 5.75 Å². The Bertz CT molecular complexity index is 481. The van der Waals surface area contributed by atoms with Gasteiger partial charge in [0, 0.05) is 5.56 Å². The molecule has 1 aromatic carbocycles. The summed E-state index contributed by atoms with van der Waals surface area (Å²) in [6.45, 7) is 13.0. The summed E-state index contributed by atoms with van der Waals surface area (Å²) < 4.78 is 5.97. The number of fused-ring (bicyclic) bond motifs is 1. The van der Waals surface area contributed by atoms with E-state index in [4.69, 9.17) is 4.74 Å². The molecule has 1 heterocycles. The van der Waals surface area contributed by atoms with Crippen LogP contribution in [0.15, 0.2) is 11.6 Å². The van der Waals surface area contributed by atoms with Crippen LogP contribution in [0.3, 0.4) is 0 Å². The molecule has 0 bridgehead atoms. The average molecular weight is 216 g/mol. The molecule has 1 heteroatoms. The summed E-state index contributed by atoms with van der Waals surface area (Å²) in [5, 5.41) is 0. The second-order valence-corrected chi connectivity index (χ2v) is 4.88. The minimum absolute atomic E-state index is 0.203. The lowest BCUT2D eigenvalue weighted by Gasteiger charge is -2.28. The third-order valence-corrected chi connectivity index (χ3v) is 4.00. The Balaban J connectivity index is 2.75. The molecule has 16 heavy (non-hydrogen) atoms. The van der Waals surface area contributed by atoms with E-state index in [0.717, 1.165) is 5.75 Å². The van der Waals surface area contributed by atoms with E-state index in [1.807, 2.05) is 0 Å². The highest BCUT2D eigenvalue weighted by Gasteiger charge is 2.23. The molecule has 1 aliphatic rings. The zero-order valence-corrected chi connectivity index (χ0v) is 11.1. The Morgan fingerprint density at radius 2 is 1.62 bits per heavy atom. The fourth-order valence-electron chi connectivity index (χ4n) is 2.39. The molecule has 0 spiro atoms. The summed E-state index contributed by atoms with van der Waals surface area (Å²) >= 11 is 0. The molecule has 1 aromatic rings. The zero-order valence-electron chi connectivity index (χ0n) is 11.1. The summed E-state index contributed by atoms with van der Waals surface area (Å²) in [4.78, 5) is 0. The van der Waals surface area contributed by atoms with Gasteiger partial charge in [-0.25, -0.2) is 0 Å². The maximum absolute atomic E-state index is 5.97. The smallest absolute Gasteiger partial charge is 0.128 e. The van der Waals surface area contributed by atoms with Crippen LogP contribution in [-0.2, 0) is 0 Å². The van der Waals surface area contributed by atoms with E-state index < -0.39 is 0 Å². The molecule has 1 unspecified atom stereocenters. The van der Waals surface area contributed by atoms with Crippen molar-refractivity contribution in [2.45, 2.75) is 47.6 Å². The highest BCUT2D eigenvalue weighted by molar-refractivity contribution is 5.77.